The van der Waals surface area contributed by atoms with Crippen LogP contribution in [-0.4, -0.2) is 20.0 Å². The van der Waals surface area contributed by atoms with Crippen LogP contribution in [-0.2, 0) is 6.42 Å². The van der Waals surface area contributed by atoms with Crippen LogP contribution in [0, 0.1) is 0 Å². The van der Waals surface area contributed by atoms with Gasteiger partial charge in [0, 0.05) is 6.07 Å². The maximum atomic E-state index is 11.4. The summed E-state index contributed by atoms with van der Waals surface area (Å²) in [6, 6.07) is 3.53. The first-order valence-corrected chi connectivity index (χ1v) is 5.00. The molecule has 0 aliphatic rings. The Hall–Kier alpha value is -1.77. The van der Waals surface area contributed by atoms with E-state index < -0.39 is 0 Å². The van der Waals surface area contributed by atoms with Gasteiger partial charge in [0.1, 0.15) is 11.5 Å². The summed E-state index contributed by atoms with van der Waals surface area (Å²) in [7, 11) is 3.13. The molecule has 1 aromatic carbocycles. The van der Waals surface area contributed by atoms with Crippen molar-refractivity contribution in [2.24, 2.45) is 0 Å². The summed E-state index contributed by atoms with van der Waals surface area (Å²) in [5.74, 6) is 1.23. The zero-order valence-electron chi connectivity index (χ0n) is 9.87. The molecule has 0 aliphatic heterocycles. The molecule has 0 saturated heterocycles. The molecule has 0 radical (unpaired) electrons. The first-order valence-electron chi connectivity index (χ1n) is 5.00. The second kappa shape index (κ2) is 5.35. The van der Waals surface area contributed by atoms with Crippen LogP contribution in [0.4, 0.5) is 0 Å². The highest BCUT2D eigenvalue weighted by molar-refractivity contribution is 5.97. The third-order valence-electron chi connectivity index (χ3n) is 2.35. The van der Waals surface area contributed by atoms with Crippen molar-refractivity contribution in [2.75, 3.05) is 14.2 Å². The van der Waals surface area contributed by atoms with Crippen LogP contribution in [0.3, 0.4) is 0 Å². The minimum Gasteiger partial charge on any atom is -0.496 e. The van der Waals surface area contributed by atoms with Crippen molar-refractivity contribution in [3.63, 3.8) is 0 Å². The van der Waals surface area contributed by atoms with E-state index in [1.165, 1.54) is 14.0 Å². The van der Waals surface area contributed by atoms with E-state index in [1.54, 1.807) is 25.3 Å². The average molecular weight is 220 g/mol. The standard InChI is InChI=1S/C13H16O3/c1-5-6-10-7-11(9(2)14)13(16-4)8-12(10)15-3/h5,7-8H,1,6H2,2-4H3. The molecule has 1 rings (SSSR count). The number of benzene rings is 1. The van der Waals surface area contributed by atoms with Crippen LogP contribution in [0.2, 0.25) is 0 Å². The number of methoxy groups -OCH3 is 2. The van der Waals surface area contributed by atoms with Crippen LogP contribution in [0.5, 0.6) is 11.5 Å². The van der Waals surface area contributed by atoms with Gasteiger partial charge >= 0.3 is 0 Å². The number of ketones is 1. The summed E-state index contributed by atoms with van der Waals surface area (Å²) >= 11 is 0. The molecular weight excluding hydrogens is 204 g/mol. The number of rotatable bonds is 5. The Morgan fingerprint density at radius 3 is 2.38 bits per heavy atom. The quantitative estimate of drug-likeness (QED) is 0.565. The Morgan fingerprint density at radius 2 is 1.94 bits per heavy atom. The molecule has 0 bridgehead atoms. The van der Waals surface area contributed by atoms with Gasteiger partial charge in [-0.25, -0.2) is 0 Å². The van der Waals surface area contributed by atoms with E-state index >= 15 is 0 Å². The number of ether oxygens (including phenoxy) is 2. The second-order valence-electron chi connectivity index (χ2n) is 3.41. The van der Waals surface area contributed by atoms with E-state index in [2.05, 4.69) is 6.58 Å². The fraction of sp³-hybridized carbons (Fsp3) is 0.308. The van der Waals surface area contributed by atoms with E-state index in [0.29, 0.717) is 23.5 Å². The summed E-state index contributed by atoms with van der Waals surface area (Å²) < 4.78 is 10.4. The molecule has 3 nitrogen and oxygen atoms in total. The topological polar surface area (TPSA) is 35.5 Å². The van der Waals surface area contributed by atoms with Gasteiger partial charge in [0.05, 0.1) is 19.8 Å². The molecule has 1 aromatic rings. The van der Waals surface area contributed by atoms with Gasteiger partial charge in [-0.3, -0.25) is 4.79 Å². The van der Waals surface area contributed by atoms with Crippen molar-refractivity contribution in [3.8, 4) is 11.5 Å². The van der Waals surface area contributed by atoms with Crippen LogP contribution in [0.15, 0.2) is 24.8 Å². The Bertz CT molecular complexity index is 408. The fourth-order valence-corrected chi connectivity index (χ4v) is 1.56. The smallest absolute Gasteiger partial charge is 0.163 e. The lowest BCUT2D eigenvalue weighted by molar-refractivity contribution is 0.101. The molecule has 0 N–H and O–H groups in total. The van der Waals surface area contributed by atoms with Gasteiger partial charge in [-0.05, 0) is 25.0 Å². The van der Waals surface area contributed by atoms with Crippen molar-refractivity contribution in [3.05, 3.63) is 35.9 Å². The molecule has 0 aliphatic carbocycles. The molecule has 0 spiro atoms. The number of Topliss-reactive ketones (excluding diaryl/α,β-unsaturated/α-hetero) is 1. The van der Waals surface area contributed by atoms with Crippen molar-refractivity contribution < 1.29 is 14.3 Å². The predicted molar refractivity (Wildman–Crippen MR) is 63.5 cm³/mol. The minimum atomic E-state index is -0.0233. The summed E-state index contributed by atoms with van der Waals surface area (Å²) in [5.41, 5.74) is 1.50. The van der Waals surface area contributed by atoms with E-state index in [0.717, 1.165) is 5.56 Å². The molecule has 0 heterocycles. The van der Waals surface area contributed by atoms with Gasteiger partial charge < -0.3 is 9.47 Å². The second-order valence-corrected chi connectivity index (χ2v) is 3.41. The lowest BCUT2D eigenvalue weighted by Crippen LogP contribution is -2.01. The molecule has 0 amide bonds. The normalized spacial score (nSPS) is 9.69. The number of carbonyl (C=O) groups is 1. The van der Waals surface area contributed by atoms with Crippen LogP contribution in [0.25, 0.3) is 0 Å². The Balaban J connectivity index is 3.33. The average Bonchev–Trinajstić information content (AvgIpc) is 2.28. The van der Waals surface area contributed by atoms with Crippen molar-refractivity contribution in [2.45, 2.75) is 13.3 Å². The molecule has 0 atom stereocenters. The third-order valence-corrected chi connectivity index (χ3v) is 2.35. The minimum absolute atomic E-state index is 0.0233. The molecule has 3 heteroatoms. The molecule has 0 unspecified atom stereocenters. The van der Waals surface area contributed by atoms with E-state index in [-0.39, 0.29) is 5.78 Å². The highest BCUT2D eigenvalue weighted by atomic mass is 16.5. The molecule has 86 valence electrons. The van der Waals surface area contributed by atoms with Gasteiger partial charge in [-0.2, -0.15) is 0 Å². The highest BCUT2D eigenvalue weighted by Crippen LogP contribution is 2.29. The zero-order chi connectivity index (χ0) is 12.1. The van der Waals surface area contributed by atoms with Crippen molar-refractivity contribution >= 4 is 5.78 Å². The molecule has 0 fully saturated rings. The lowest BCUT2D eigenvalue weighted by atomic mass is 10.0. The Kier molecular flexibility index (Phi) is 4.11. The number of hydrogen-bond donors (Lipinski definition) is 0. The van der Waals surface area contributed by atoms with Crippen LogP contribution < -0.4 is 9.47 Å². The number of carbonyl (C=O) groups excluding carboxylic acids is 1. The van der Waals surface area contributed by atoms with Crippen LogP contribution in [0.1, 0.15) is 22.8 Å². The fourth-order valence-electron chi connectivity index (χ4n) is 1.56. The van der Waals surface area contributed by atoms with Gasteiger partial charge in [0.25, 0.3) is 0 Å². The van der Waals surface area contributed by atoms with Crippen molar-refractivity contribution in [1.29, 1.82) is 0 Å². The monoisotopic (exact) mass is 220 g/mol. The van der Waals surface area contributed by atoms with Gasteiger partial charge in [-0.15, -0.1) is 6.58 Å². The predicted octanol–water partition coefficient (Wildman–Crippen LogP) is 2.63. The molecule has 0 saturated carbocycles. The first-order chi connectivity index (χ1) is 7.63. The SMILES string of the molecule is C=CCc1cc(C(C)=O)c(OC)cc1OC. The van der Waals surface area contributed by atoms with Gasteiger partial charge in [0.15, 0.2) is 5.78 Å². The molecular formula is C13H16O3. The molecule has 0 aromatic heterocycles. The maximum absolute atomic E-state index is 11.4. The largest absolute Gasteiger partial charge is 0.496 e. The van der Waals surface area contributed by atoms with Crippen LogP contribution >= 0.6 is 0 Å². The number of allylic oxidation sites excluding steroid dienone is 1. The van der Waals surface area contributed by atoms with E-state index in [4.69, 9.17) is 9.47 Å². The molecule has 16 heavy (non-hydrogen) atoms. The zero-order valence-corrected chi connectivity index (χ0v) is 9.87. The summed E-state index contributed by atoms with van der Waals surface area (Å²) in [4.78, 5) is 11.4. The third kappa shape index (κ3) is 2.42. The van der Waals surface area contributed by atoms with Gasteiger partial charge in [0.2, 0.25) is 0 Å². The summed E-state index contributed by atoms with van der Waals surface area (Å²) in [6.45, 7) is 5.19. The summed E-state index contributed by atoms with van der Waals surface area (Å²) in [6.07, 6.45) is 2.43. The van der Waals surface area contributed by atoms with Gasteiger partial charge in [-0.1, -0.05) is 6.08 Å². The Morgan fingerprint density at radius 1 is 1.31 bits per heavy atom. The van der Waals surface area contributed by atoms with E-state index in [1.807, 2.05) is 0 Å². The maximum Gasteiger partial charge on any atom is 0.163 e. The summed E-state index contributed by atoms with van der Waals surface area (Å²) in [5, 5.41) is 0. The lowest BCUT2D eigenvalue weighted by Gasteiger charge is -2.12. The highest BCUT2D eigenvalue weighted by Gasteiger charge is 2.13. The van der Waals surface area contributed by atoms with Crippen molar-refractivity contribution in [1.82, 2.24) is 0 Å². The number of hydrogen-bond acceptors (Lipinski definition) is 3. The van der Waals surface area contributed by atoms with E-state index in [9.17, 15) is 4.79 Å². The first kappa shape index (κ1) is 12.3. The Labute approximate surface area is 95.7 Å².